The van der Waals surface area contributed by atoms with Gasteiger partial charge in [0.15, 0.2) is 5.75 Å². The molecule has 0 unspecified atom stereocenters. The first-order chi connectivity index (χ1) is 12.0. The van der Waals surface area contributed by atoms with Gasteiger partial charge in [-0.3, -0.25) is 4.79 Å². The van der Waals surface area contributed by atoms with Crippen LogP contribution < -0.4 is 10.7 Å². The highest BCUT2D eigenvalue weighted by atomic mass is 19.1. The molecule has 130 valence electrons. The maximum Gasteiger partial charge on any atom is 0.223 e. The number of aryl methyl sites for hydroxylation is 1. The van der Waals surface area contributed by atoms with Crippen molar-refractivity contribution in [3.05, 3.63) is 69.7 Å². The number of nitrogens with one attached hydrogen (secondary N) is 1. The minimum atomic E-state index is -0.405. The van der Waals surface area contributed by atoms with Gasteiger partial charge in [-0.25, -0.2) is 9.07 Å². The monoisotopic (exact) mass is 343 g/mol. The van der Waals surface area contributed by atoms with Crippen LogP contribution in [0.1, 0.15) is 17.1 Å². The number of rotatable bonds is 5. The van der Waals surface area contributed by atoms with Crippen molar-refractivity contribution in [1.29, 1.82) is 0 Å². The molecule has 1 aromatic carbocycles. The zero-order valence-electron chi connectivity index (χ0n) is 13.9. The summed E-state index contributed by atoms with van der Waals surface area (Å²) >= 11 is 0. The molecule has 0 saturated heterocycles. The van der Waals surface area contributed by atoms with E-state index in [9.17, 15) is 14.3 Å². The number of nitrogens with zero attached hydrogens (tertiary/aromatic N) is 4. The molecule has 25 heavy (non-hydrogen) atoms. The lowest BCUT2D eigenvalue weighted by Crippen LogP contribution is -2.20. The van der Waals surface area contributed by atoms with E-state index in [1.165, 1.54) is 16.8 Å². The summed E-state index contributed by atoms with van der Waals surface area (Å²) < 4.78 is 16.9. The first-order valence-corrected chi connectivity index (χ1v) is 7.72. The predicted molar refractivity (Wildman–Crippen MR) is 89.9 cm³/mol. The van der Waals surface area contributed by atoms with Gasteiger partial charge in [-0.2, -0.15) is 0 Å². The van der Waals surface area contributed by atoms with Crippen LogP contribution >= 0.6 is 0 Å². The van der Waals surface area contributed by atoms with E-state index in [0.717, 1.165) is 5.69 Å². The van der Waals surface area contributed by atoms with Gasteiger partial charge in [-0.15, -0.1) is 5.10 Å². The minimum Gasteiger partial charge on any atom is -0.503 e. The summed E-state index contributed by atoms with van der Waals surface area (Å²) in [6, 6.07) is 7.69. The van der Waals surface area contributed by atoms with Crippen LogP contribution in [-0.2, 0) is 20.1 Å². The zero-order chi connectivity index (χ0) is 18.0. The molecule has 0 amide bonds. The first kappa shape index (κ1) is 16.8. The molecule has 0 aliphatic rings. The van der Waals surface area contributed by atoms with E-state index in [4.69, 9.17) is 0 Å². The maximum atomic E-state index is 13.8. The fraction of sp³-hybridized carbons (Fsp3) is 0.235. The summed E-state index contributed by atoms with van der Waals surface area (Å²) in [4.78, 5) is 11.7. The Morgan fingerprint density at radius 2 is 2.04 bits per heavy atom. The van der Waals surface area contributed by atoms with Crippen molar-refractivity contribution in [1.82, 2.24) is 24.9 Å². The topological polar surface area (TPSA) is 85.0 Å². The molecule has 0 aliphatic carbocycles. The smallest absolute Gasteiger partial charge is 0.223 e. The van der Waals surface area contributed by atoms with E-state index in [2.05, 4.69) is 15.6 Å². The number of hydrogen-bond donors (Lipinski definition) is 2. The van der Waals surface area contributed by atoms with E-state index in [0.29, 0.717) is 23.6 Å². The average molecular weight is 343 g/mol. The summed E-state index contributed by atoms with van der Waals surface area (Å²) in [6.07, 6.45) is 1.63. The second-order valence-corrected chi connectivity index (χ2v) is 5.71. The van der Waals surface area contributed by atoms with Gasteiger partial charge in [0.05, 0.1) is 17.6 Å². The number of aromatic hydroxyl groups is 1. The second kappa shape index (κ2) is 6.86. The SMILES string of the molecule is Cc1cc(=O)c(O)c(CNCc2cn(-c3ccccc3F)nn2)n1C. The summed E-state index contributed by atoms with van der Waals surface area (Å²) in [5.74, 6) is -0.651. The molecular formula is C17H18FN5O2. The van der Waals surface area contributed by atoms with Crippen LogP contribution in [0.4, 0.5) is 4.39 Å². The fourth-order valence-corrected chi connectivity index (χ4v) is 2.51. The van der Waals surface area contributed by atoms with Crippen molar-refractivity contribution in [3.8, 4) is 11.4 Å². The van der Waals surface area contributed by atoms with Crippen molar-refractivity contribution >= 4 is 0 Å². The van der Waals surface area contributed by atoms with Crippen molar-refractivity contribution in [2.45, 2.75) is 20.0 Å². The van der Waals surface area contributed by atoms with E-state index in [1.54, 1.807) is 42.9 Å². The highest BCUT2D eigenvalue weighted by molar-refractivity contribution is 5.32. The van der Waals surface area contributed by atoms with Crippen LogP contribution in [0.25, 0.3) is 5.69 Å². The molecule has 0 atom stereocenters. The van der Waals surface area contributed by atoms with Crippen molar-refractivity contribution in [2.24, 2.45) is 7.05 Å². The number of hydrogen-bond acceptors (Lipinski definition) is 5. The van der Waals surface area contributed by atoms with Crippen LogP contribution in [0.15, 0.2) is 41.3 Å². The van der Waals surface area contributed by atoms with Gasteiger partial charge < -0.3 is 15.0 Å². The molecule has 0 saturated carbocycles. The normalized spacial score (nSPS) is 11.0. The molecule has 0 radical (unpaired) electrons. The lowest BCUT2D eigenvalue weighted by Gasteiger charge is -2.13. The van der Waals surface area contributed by atoms with Crippen LogP contribution in [0.3, 0.4) is 0 Å². The Morgan fingerprint density at radius 3 is 2.80 bits per heavy atom. The molecule has 0 bridgehead atoms. The van der Waals surface area contributed by atoms with Gasteiger partial charge in [0, 0.05) is 31.9 Å². The fourth-order valence-electron chi connectivity index (χ4n) is 2.51. The molecule has 7 nitrogen and oxygen atoms in total. The summed E-state index contributed by atoms with van der Waals surface area (Å²) in [5, 5.41) is 21.0. The number of para-hydroxylation sites is 1. The number of halogens is 1. The van der Waals surface area contributed by atoms with Gasteiger partial charge in [0.2, 0.25) is 5.43 Å². The molecule has 8 heteroatoms. The zero-order valence-corrected chi connectivity index (χ0v) is 13.9. The van der Waals surface area contributed by atoms with Crippen LogP contribution in [-0.4, -0.2) is 24.7 Å². The summed E-state index contributed by atoms with van der Waals surface area (Å²) in [7, 11) is 1.78. The Morgan fingerprint density at radius 1 is 1.28 bits per heavy atom. The van der Waals surface area contributed by atoms with E-state index in [-0.39, 0.29) is 18.1 Å². The Kier molecular flexibility index (Phi) is 4.62. The Hall–Kier alpha value is -3.00. The van der Waals surface area contributed by atoms with Crippen molar-refractivity contribution in [2.75, 3.05) is 0 Å². The van der Waals surface area contributed by atoms with Gasteiger partial charge in [-0.1, -0.05) is 17.3 Å². The Balaban J connectivity index is 1.70. The molecule has 3 rings (SSSR count). The van der Waals surface area contributed by atoms with Crippen molar-refractivity contribution < 1.29 is 9.50 Å². The molecule has 0 aliphatic heterocycles. The molecule has 2 heterocycles. The average Bonchev–Trinajstić information content (AvgIpc) is 3.05. The van der Waals surface area contributed by atoms with Crippen LogP contribution in [0.2, 0.25) is 0 Å². The molecule has 0 spiro atoms. The predicted octanol–water partition coefficient (Wildman–Crippen LogP) is 1.41. The number of benzene rings is 1. The van der Waals surface area contributed by atoms with Gasteiger partial charge in [-0.05, 0) is 19.1 Å². The first-order valence-electron chi connectivity index (χ1n) is 7.72. The standard InChI is InChI=1S/C17H18FN5O2/c1-11-7-16(24)17(25)15(22(11)2)9-19-8-12-10-23(21-20-12)14-6-4-3-5-13(14)18/h3-7,10,19,25H,8-9H2,1-2H3. The molecular weight excluding hydrogens is 325 g/mol. The Labute approximate surface area is 143 Å². The van der Waals surface area contributed by atoms with Crippen LogP contribution in [0, 0.1) is 12.7 Å². The second-order valence-electron chi connectivity index (χ2n) is 5.71. The molecule has 2 aromatic heterocycles. The highest BCUT2D eigenvalue weighted by Crippen LogP contribution is 2.13. The quantitative estimate of drug-likeness (QED) is 0.732. The molecule has 0 fully saturated rings. The highest BCUT2D eigenvalue weighted by Gasteiger charge is 2.11. The third-order valence-electron chi connectivity index (χ3n) is 4.02. The van der Waals surface area contributed by atoms with Gasteiger partial charge in [0.25, 0.3) is 0 Å². The number of pyridine rings is 1. The minimum absolute atomic E-state index is 0.268. The van der Waals surface area contributed by atoms with Crippen molar-refractivity contribution in [3.63, 3.8) is 0 Å². The molecule has 3 aromatic rings. The van der Waals surface area contributed by atoms with E-state index in [1.807, 2.05) is 0 Å². The molecule has 2 N–H and O–H groups in total. The maximum absolute atomic E-state index is 13.8. The van der Waals surface area contributed by atoms with Gasteiger partial charge in [0.1, 0.15) is 11.5 Å². The number of aromatic nitrogens is 4. The Bertz CT molecular complexity index is 964. The van der Waals surface area contributed by atoms with Crippen LogP contribution in [0.5, 0.6) is 5.75 Å². The summed E-state index contributed by atoms with van der Waals surface area (Å²) in [6.45, 7) is 2.44. The van der Waals surface area contributed by atoms with Gasteiger partial charge >= 0.3 is 0 Å². The largest absolute Gasteiger partial charge is 0.503 e. The van der Waals surface area contributed by atoms with E-state index < -0.39 is 5.43 Å². The third-order valence-corrected chi connectivity index (χ3v) is 4.02. The lowest BCUT2D eigenvalue weighted by atomic mass is 10.2. The summed E-state index contributed by atoms with van der Waals surface area (Å²) in [5.41, 5.74) is 1.77. The van der Waals surface area contributed by atoms with E-state index >= 15 is 0 Å². The lowest BCUT2D eigenvalue weighted by molar-refractivity contribution is 0.445. The third kappa shape index (κ3) is 3.43.